The molecule has 0 N–H and O–H groups in total. The molecule has 326 valence electrons. The molecule has 0 spiro atoms. The van der Waals surface area contributed by atoms with E-state index >= 15 is 0 Å². The van der Waals surface area contributed by atoms with Gasteiger partial charge < -0.3 is 0 Å². The van der Waals surface area contributed by atoms with Gasteiger partial charge in [-0.3, -0.25) is 0 Å². The highest BCUT2D eigenvalue weighted by atomic mass is 14.5. The smallest absolute Gasteiger partial charge is 0.102 e. The highest BCUT2D eigenvalue weighted by Crippen LogP contribution is 2.63. The molecule has 0 bridgehead atoms. The average molecular weight is 901 g/mol. The van der Waals surface area contributed by atoms with Crippen LogP contribution in [0.1, 0.15) is 11.1 Å². The first-order chi connectivity index (χ1) is 34.4. The Balaban J connectivity index is 1.07. The molecular formula is C59H51B13. The quantitative estimate of drug-likeness (QED) is 0.136. The van der Waals surface area contributed by atoms with Crippen LogP contribution in [0, 0.1) is 0 Å². The van der Waals surface area contributed by atoms with Crippen LogP contribution in [-0.4, -0.2) is 102 Å². The fourth-order valence-electron chi connectivity index (χ4n) is 15.1. The summed E-state index contributed by atoms with van der Waals surface area (Å²) in [6, 6.07) is 58.2. The molecule has 0 saturated heterocycles. The molecule has 12 aromatic rings. The molecular weight excluding hydrogens is 849 g/mol. The number of rotatable bonds is 6. The molecule has 0 fully saturated rings. The molecule has 13 heteroatoms. The minimum absolute atomic E-state index is 0.0982. The Morgan fingerprint density at radius 1 is 0.278 bits per heavy atom. The maximum Gasteiger partial charge on any atom is 0.140 e. The van der Waals surface area contributed by atoms with Crippen molar-refractivity contribution in [2.45, 2.75) is 15.6 Å². The van der Waals surface area contributed by atoms with Crippen LogP contribution in [0.4, 0.5) is 0 Å². The number of benzene rings is 12. The van der Waals surface area contributed by atoms with Gasteiger partial charge in [-0.15, -0.1) is 10.9 Å². The summed E-state index contributed by atoms with van der Waals surface area (Å²) in [5.74, 6) is 0. The third kappa shape index (κ3) is 6.00. The predicted octanol–water partition coefficient (Wildman–Crippen LogP) is -1.83. The SMILES string of the molecule is Bc1c(B)c(B)c2c(c1B)-c1c(B)c(B)c(-c3cc(-c4ccc(-c5ccc6ccc7cccc8ccc5c6c78)cc4)cc(-c4ccc5ccc6cccc7ccc4c5c67)c3)c(B)c1C2(C(B)(B)B)C(B)(B)B. The summed E-state index contributed by atoms with van der Waals surface area (Å²) in [7, 11) is 31.9. The van der Waals surface area contributed by atoms with E-state index in [9.17, 15) is 0 Å². The molecule has 0 unspecified atom stereocenters. The first-order valence-corrected chi connectivity index (χ1v) is 26.3. The van der Waals surface area contributed by atoms with E-state index in [1.54, 1.807) is 5.56 Å². The Morgan fingerprint density at radius 2 is 0.639 bits per heavy atom. The minimum atomic E-state index is -0.261. The molecule has 0 heterocycles. The topological polar surface area (TPSA) is 0 Å². The van der Waals surface area contributed by atoms with E-state index in [1.165, 1.54) is 164 Å². The standard InChI is InChI=1S/C59H51B13/c60-50-45(51(61)52(62)46-47-49(54(64)56(66)55(65)53(47)63)57(48(46)50,58(67,68)69)59(70,71)72)36-24-34(23-35(25-36)38-20-16-33-14-12-29-4-2-6-31-18-22-40(38)44(33)42(29)31)26-7-9-27(10-8-26)37-19-15-32-13-11-28-3-1-5-30-17-21-39(37)43(32)41(28)30/h1-25H,60-72H2. The van der Waals surface area contributed by atoms with Crippen molar-refractivity contribution < 1.29 is 0 Å². The Labute approximate surface area is 436 Å². The summed E-state index contributed by atoms with van der Waals surface area (Å²) < 4.78 is 0. The van der Waals surface area contributed by atoms with Gasteiger partial charge >= 0.3 is 0 Å². The van der Waals surface area contributed by atoms with Gasteiger partial charge in [0.05, 0.1) is 47.1 Å². The molecule has 0 aromatic heterocycles. The van der Waals surface area contributed by atoms with Gasteiger partial charge in [-0.2, -0.15) is 0 Å². The summed E-state index contributed by atoms with van der Waals surface area (Å²) in [4.78, 5) is 0. The van der Waals surface area contributed by atoms with Crippen molar-refractivity contribution in [1.29, 1.82) is 0 Å². The van der Waals surface area contributed by atoms with E-state index in [2.05, 4.69) is 254 Å². The van der Waals surface area contributed by atoms with Crippen molar-refractivity contribution in [2.24, 2.45) is 0 Å². The van der Waals surface area contributed by atoms with E-state index in [0.29, 0.717) is 0 Å². The van der Waals surface area contributed by atoms with Gasteiger partial charge in [0, 0.05) is 0 Å². The van der Waals surface area contributed by atoms with Crippen molar-refractivity contribution in [3.63, 3.8) is 0 Å². The van der Waals surface area contributed by atoms with Gasteiger partial charge in [0.25, 0.3) is 0 Å². The van der Waals surface area contributed by atoms with Crippen molar-refractivity contribution in [2.75, 3.05) is 0 Å². The second-order valence-electron chi connectivity index (χ2n) is 23.8. The van der Waals surface area contributed by atoms with Crippen LogP contribution < -0.4 is 38.2 Å². The van der Waals surface area contributed by atoms with Crippen LogP contribution in [0.3, 0.4) is 0 Å². The van der Waals surface area contributed by atoms with Crippen LogP contribution >= 0.6 is 0 Å². The van der Waals surface area contributed by atoms with Gasteiger partial charge in [0.1, 0.15) is 54.9 Å². The van der Waals surface area contributed by atoms with Gasteiger partial charge in [-0.05, 0) is 155 Å². The van der Waals surface area contributed by atoms with Gasteiger partial charge in [0.15, 0.2) is 0 Å². The summed E-state index contributed by atoms with van der Waals surface area (Å²) in [5.41, 5.74) is 25.8. The molecule has 0 saturated carbocycles. The summed E-state index contributed by atoms with van der Waals surface area (Å²) in [5, 5.41) is 15.6. The van der Waals surface area contributed by atoms with E-state index in [-0.39, 0.29) is 15.6 Å². The van der Waals surface area contributed by atoms with E-state index < -0.39 is 0 Å². The highest BCUT2D eigenvalue weighted by Gasteiger charge is 2.58. The zero-order chi connectivity index (χ0) is 50.1. The van der Waals surface area contributed by atoms with Gasteiger partial charge in [0.2, 0.25) is 0 Å². The molecule has 72 heavy (non-hydrogen) atoms. The molecule has 13 rings (SSSR count). The second-order valence-corrected chi connectivity index (χ2v) is 23.8. The van der Waals surface area contributed by atoms with E-state index in [0.717, 1.165) is 0 Å². The van der Waals surface area contributed by atoms with Gasteiger partial charge in [-0.1, -0.05) is 171 Å². The largest absolute Gasteiger partial charge is 0.140 e. The second kappa shape index (κ2) is 15.5. The van der Waals surface area contributed by atoms with Gasteiger partial charge in [-0.25, -0.2) is 0 Å². The minimum Gasteiger partial charge on any atom is -0.102 e. The summed E-state index contributed by atoms with van der Waals surface area (Å²) >= 11 is 0. The first kappa shape index (κ1) is 45.4. The summed E-state index contributed by atoms with van der Waals surface area (Å²) in [6.07, 6.45) is 0. The van der Waals surface area contributed by atoms with Crippen LogP contribution in [0.5, 0.6) is 0 Å². The summed E-state index contributed by atoms with van der Waals surface area (Å²) in [6.45, 7) is 0. The molecule has 0 radical (unpaired) electrons. The fraction of sp³-hybridized carbons (Fsp3) is 0.0508. The Hall–Kier alpha value is -6.44. The molecule has 0 atom stereocenters. The lowest BCUT2D eigenvalue weighted by Crippen LogP contribution is -2.59. The third-order valence-electron chi connectivity index (χ3n) is 18.4. The van der Waals surface area contributed by atoms with Crippen LogP contribution in [0.15, 0.2) is 152 Å². The van der Waals surface area contributed by atoms with Crippen LogP contribution in [-0.2, 0) is 5.41 Å². The van der Waals surface area contributed by atoms with Crippen molar-refractivity contribution >= 4 is 205 Å². The normalized spacial score (nSPS) is 13.6. The fourth-order valence-corrected chi connectivity index (χ4v) is 15.1. The number of hydrogen-bond acceptors (Lipinski definition) is 0. The monoisotopic (exact) mass is 903 g/mol. The molecule has 0 aliphatic heterocycles. The first-order valence-electron chi connectivity index (χ1n) is 26.3. The number of hydrogen-bond donors (Lipinski definition) is 0. The molecule has 1 aliphatic carbocycles. The van der Waals surface area contributed by atoms with Crippen LogP contribution in [0.2, 0.25) is 10.2 Å². The Bertz CT molecular complexity index is 4270. The lowest BCUT2D eigenvalue weighted by atomic mass is 9.17. The Morgan fingerprint density at radius 3 is 1.14 bits per heavy atom. The third-order valence-corrected chi connectivity index (χ3v) is 18.4. The van der Waals surface area contributed by atoms with Crippen molar-refractivity contribution in [3.8, 4) is 55.6 Å². The predicted molar refractivity (Wildman–Crippen MR) is 356 cm³/mol. The maximum atomic E-state index is 2.53. The molecule has 0 nitrogen and oxygen atoms in total. The maximum absolute atomic E-state index is 2.53. The van der Waals surface area contributed by atoms with E-state index in [4.69, 9.17) is 0 Å². The Kier molecular flexibility index (Phi) is 9.80. The lowest BCUT2D eigenvalue weighted by Gasteiger charge is -2.56. The molecule has 12 aromatic carbocycles. The lowest BCUT2D eigenvalue weighted by molar-refractivity contribution is 0.540. The van der Waals surface area contributed by atoms with Crippen molar-refractivity contribution in [1.82, 2.24) is 0 Å². The van der Waals surface area contributed by atoms with Crippen LogP contribution in [0.25, 0.3) is 120 Å². The zero-order valence-corrected chi connectivity index (χ0v) is 44.4. The molecule has 1 aliphatic rings. The van der Waals surface area contributed by atoms with E-state index in [1.807, 2.05) is 0 Å². The zero-order valence-electron chi connectivity index (χ0n) is 44.4. The highest BCUT2D eigenvalue weighted by molar-refractivity contribution is 6.70. The molecule has 0 amide bonds. The van der Waals surface area contributed by atoms with Crippen molar-refractivity contribution in [3.05, 3.63) is 163 Å². The number of fused-ring (bicyclic) bond motifs is 3. The average Bonchev–Trinajstić information content (AvgIpc) is 3.73.